The number of carbonyl (C=O) groups excluding carboxylic acids is 1. The highest BCUT2D eigenvalue weighted by Gasteiger charge is 2.15. The van der Waals surface area contributed by atoms with Crippen molar-refractivity contribution in [2.24, 2.45) is 5.92 Å². The molecule has 0 saturated carbocycles. The number of nitrogens with zero attached hydrogens (tertiary/aromatic N) is 3. The van der Waals surface area contributed by atoms with Crippen LogP contribution in [-0.2, 0) is 4.79 Å². The van der Waals surface area contributed by atoms with Gasteiger partial charge in [-0.1, -0.05) is 6.92 Å². The normalized spacial score (nSPS) is 12.0. The van der Waals surface area contributed by atoms with Crippen LogP contribution in [-0.4, -0.2) is 36.5 Å². The van der Waals surface area contributed by atoms with Gasteiger partial charge >= 0.3 is 0 Å². The van der Waals surface area contributed by atoms with E-state index in [1.807, 2.05) is 0 Å². The van der Waals surface area contributed by atoms with Crippen LogP contribution in [0, 0.1) is 11.7 Å². The lowest BCUT2D eigenvalue weighted by atomic mass is 10.1. The number of rotatable bonds is 4. The first kappa shape index (κ1) is 12.4. The van der Waals surface area contributed by atoms with Crippen LogP contribution in [0.4, 0.5) is 10.3 Å². The molecule has 5 nitrogen and oxygen atoms in total. The summed E-state index contributed by atoms with van der Waals surface area (Å²) >= 11 is 0. The highest BCUT2D eigenvalue weighted by molar-refractivity contribution is 5.78. The maximum atomic E-state index is 12.6. The predicted octanol–water partition coefficient (Wildman–Crippen LogP) is 0.434. The molecule has 1 N–H and O–H groups in total. The summed E-state index contributed by atoms with van der Waals surface area (Å²) in [6, 6.07) is 0. The molecule has 0 saturated heterocycles. The topological polar surface area (TPSA) is 58.1 Å². The van der Waals surface area contributed by atoms with Gasteiger partial charge in [-0.25, -0.2) is 14.4 Å². The molecule has 0 aliphatic heterocycles. The van der Waals surface area contributed by atoms with Gasteiger partial charge in [-0.15, -0.1) is 0 Å². The average molecular weight is 226 g/mol. The Morgan fingerprint density at radius 3 is 2.62 bits per heavy atom. The van der Waals surface area contributed by atoms with Crippen molar-refractivity contribution in [1.82, 2.24) is 15.3 Å². The van der Waals surface area contributed by atoms with Crippen molar-refractivity contribution in [2.45, 2.75) is 6.92 Å². The summed E-state index contributed by atoms with van der Waals surface area (Å²) in [6.45, 7) is 2.28. The molecular weight excluding hydrogens is 211 g/mol. The van der Waals surface area contributed by atoms with Crippen LogP contribution in [0.1, 0.15) is 6.92 Å². The lowest BCUT2D eigenvalue weighted by Crippen LogP contribution is -2.35. The molecule has 0 aromatic carbocycles. The van der Waals surface area contributed by atoms with Crippen molar-refractivity contribution in [3.63, 3.8) is 0 Å². The number of nitrogens with one attached hydrogen (secondary N) is 1. The summed E-state index contributed by atoms with van der Waals surface area (Å²) in [5.74, 6) is -0.300. The first-order valence-corrected chi connectivity index (χ1v) is 4.95. The molecule has 1 aromatic heterocycles. The second-order valence-electron chi connectivity index (χ2n) is 3.60. The van der Waals surface area contributed by atoms with Gasteiger partial charge in [-0.2, -0.15) is 0 Å². The van der Waals surface area contributed by atoms with Crippen molar-refractivity contribution in [1.29, 1.82) is 0 Å². The Labute approximate surface area is 93.7 Å². The van der Waals surface area contributed by atoms with Gasteiger partial charge in [-0.05, 0) is 0 Å². The molecule has 1 unspecified atom stereocenters. The van der Waals surface area contributed by atoms with Crippen molar-refractivity contribution in [3.05, 3.63) is 18.2 Å². The largest absolute Gasteiger partial charge is 0.359 e. The highest BCUT2D eigenvalue weighted by atomic mass is 19.1. The van der Waals surface area contributed by atoms with Crippen molar-refractivity contribution in [3.8, 4) is 0 Å². The number of carbonyl (C=O) groups is 1. The molecule has 0 fully saturated rings. The van der Waals surface area contributed by atoms with E-state index in [0.29, 0.717) is 12.5 Å². The summed E-state index contributed by atoms with van der Waals surface area (Å²) in [7, 11) is 3.35. The van der Waals surface area contributed by atoms with E-state index in [2.05, 4.69) is 15.3 Å². The number of halogens is 1. The van der Waals surface area contributed by atoms with Gasteiger partial charge in [0.2, 0.25) is 11.9 Å². The molecule has 0 spiro atoms. The minimum atomic E-state index is -0.475. The molecule has 88 valence electrons. The van der Waals surface area contributed by atoms with Gasteiger partial charge in [0.15, 0.2) is 5.82 Å². The molecule has 1 atom stereocenters. The third-order valence-corrected chi connectivity index (χ3v) is 2.19. The Morgan fingerprint density at radius 1 is 1.56 bits per heavy atom. The minimum absolute atomic E-state index is 0.0473. The lowest BCUT2D eigenvalue weighted by molar-refractivity contribution is -0.123. The van der Waals surface area contributed by atoms with Crippen LogP contribution in [0.25, 0.3) is 0 Å². The Morgan fingerprint density at radius 2 is 2.12 bits per heavy atom. The molecule has 0 aliphatic rings. The molecule has 1 rings (SSSR count). The van der Waals surface area contributed by atoms with E-state index in [4.69, 9.17) is 0 Å². The van der Waals surface area contributed by atoms with E-state index in [0.717, 1.165) is 12.4 Å². The maximum absolute atomic E-state index is 12.6. The van der Waals surface area contributed by atoms with Crippen LogP contribution >= 0.6 is 0 Å². The van der Waals surface area contributed by atoms with Crippen LogP contribution in [0.15, 0.2) is 12.4 Å². The van der Waals surface area contributed by atoms with Crippen LogP contribution in [0.5, 0.6) is 0 Å². The van der Waals surface area contributed by atoms with Crippen LogP contribution < -0.4 is 10.2 Å². The van der Waals surface area contributed by atoms with Crippen LogP contribution in [0.2, 0.25) is 0 Å². The molecule has 1 aromatic rings. The summed E-state index contributed by atoms with van der Waals surface area (Å²) in [5, 5.41) is 2.56. The fourth-order valence-corrected chi connectivity index (χ4v) is 1.32. The second-order valence-corrected chi connectivity index (χ2v) is 3.60. The summed E-state index contributed by atoms with van der Waals surface area (Å²) < 4.78 is 12.6. The number of aromatic nitrogens is 2. The Kier molecular flexibility index (Phi) is 4.16. The molecular formula is C10H15FN4O. The highest BCUT2D eigenvalue weighted by Crippen LogP contribution is 2.07. The smallest absolute Gasteiger partial charge is 0.225 e. The third kappa shape index (κ3) is 3.15. The predicted molar refractivity (Wildman–Crippen MR) is 58.5 cm³/mol. The van der Waals surface area contributed by atoms with Crippen molar-refractivity contribution in [2.75, 3.05) is 25.5 Å². The third-order valence-electron chi connectivity index (χ3n) is 2.19. The fraction of sp³-hybridized carbons (Fsp3) is 0.500. The number of amides is 1. The van der Waals surface area contributed by atoms with Crippen molar-refractivity contribution < 1.29 is 9.18 Å². The van der Waals surface area contributed by atoms with E-state index in [-0.39, 0.29) is 11.8 Å². The fourth-order valence-electron chi connectivity index (χ4n) is 1.32. The number of hydrogen-bond donors (Lipinski definition) is 1. The molecule has 0 bridgehead atoms. The summed E-state index contributed by atoms with van der Waals surface area (Å²) in [6.07, 6.45) is 2.20. The summed E-state index contributed by atoms with van der Waals surface area (Å²) in [5.41, 5.74) is 0. The quantitative estimate of drug-likeness (QED) is 0.809. The molecule has 16 heavy (non-hydrogen) atoms. The number of anilines is 1. The zero-order chi connectivity index (χ0) is 12.1. The van der Waals surface area contributed by atoms with Gasteiger partial charge in [-0.3, -0.25) is 4.79 Å². The molecule has 1 amide bonds. The first-order valence-electron chi connectivity index (χ1n) is 4.95. The van der Waals surface area contributed by atoms with E-state index in [1.54, 1.807) is 25.9 Å². The standard InChI is InChI=1S/C10H15FN4O/c1-7(9(16)12-2)6-15(3)10-13-4-8(11)5-14-10/h4-5,7H,6H2,1-3H3,(H,12,16). The van der Waals surface area contributed by atoms with Crippen LogP contribution in [0.3, 0.4) is 0 Å². The van der Waals surface area contributed by atoms with E-state index in [1.165, 1.54) is 0 Å². The molecule has 0 radical (unpaired) electrons. The van der Waals surface area contributed by atoms with Gasteiger partial charge in [0.1, 0.15) is 0 Å². The second kappa shape index (κ2) is 5.39. The van der Waals surface area contributed by atoms with E-state index in [9.17, 15) is 9.18 Å². The average Bonchev–Trinajstić information content (AvgIpc) is 2.28. The molecule has 1 heterocycles. The van der Waals surface area contributed by atoms with Gasteiger partial charge in [0, 0.05) is 20.6 Å². The summed E-state index contributed by atoms with van der Waals surface area (Å²) in [4.78, 5) is 20.7. The SMILES string of the molecule is CNC(=O)C(C)CN(C)c1ncc(F)cn1. The van der Waals surface area contributed by atoms with Gasteiger partial charge < -0.3 is 10.2 Å². The molecule has 0 aliphatic carbocycles. The monoisotopic (exact) mass is 226 g/mol. The molecule has 6 heteroatoms. The zero-order valence-corrected chi connectivity index (χ0v) is 9.57. The number of hydrogen-bond acceptors (Lipinski definition) is 4. The van der Waals surface area contributed by atoms with Gasteiger partial charge in [0.25, 0.3) is 0 Å². The van der Waals surface area contributed by atoms with E-state index >= 15 is 0 Å². The van der Waals surface area contributed by atoms with E-state index < -0.39 is 5.82 Å². The Hall–Kier alpha value is -1.72. The Bertz CT molecular complexity index is 354. The lowest BCUT2D eigenvalue weighted by Gasteiger charge is -2.20. The maximum Gasteiger partial charge on any atom is 0.225 e. The zero-order valence-electron chi connectivity index (χ0n) is 9.57. The first-order chi connectivity index (χ1) is 7.54. The van der Waals surface area contributed by atoms with Gasteiger partial charge in [0.05, 0.1) is 18.3 Å². The minimum Gasteiger partial charge on any atom is -0.359 e. The Balaban J connectivity index is 2.61. The van der Waals surface area contributed by atoms with Crippen molar-refractivity contribution >= 4 is 11.9 Å².